The van der Waals surface area contributed by atoms with Gasteiger partial charge in [0.2, 0.25) is 0 Å². The maximum atomic E-state index is 11.6. The van der Waals surface area contributed by atoms with Crippen LogP contribution in [-0.2, 0) is 0 Å². The first-order chi connectivity index (χ1) is 6.65. The van der Waals surface area contributed by atoms with Crippen LogP contribution in [-0.4, -0.2) is 23.0 Å². The van der Waals surface area contributed by atoms with E-state index in [4.69, 9.17) is 16.1 Å². The molecule has 1 amide bonds. The molecular formula is C9H13ClN2O2. The molecule has 0 bridgehead atoms. The molecule has 0 fully saturated rings. The van der Waals surface area contributed by atoms with E-state index in [-0.39, 0.29) is 11.9 Å². The maximum Gasteiger partial charge on any atom is 0.256 e. The maximum absolute atomic E-state index is 11.6. The number of rotatable bonds is 4. The molecule has 0 aliphatic carbocycles. The van der Waals surface area contributed by atoms with Crippen LogP contribution in [0.1, 0.15) is 29.5 Å². The summed E-state index contributed by atoms with van der Waals surface area (Å²) in [7, 11) is 0. The highest BCUT2D eigenvalue weighted by atomic mass is 35.5. The SMILES string of the molecule is Cc1oncc1C(=O)NC(C)CCCl. The zero-order valence-corrected chi connectivity index (χ0v) is 8.97. The van der Waals surface area contributed by atoms with E-state index >= 15 is 0 Å². The molecular weight excluding hydrogens is 204 g/mol. The van der Waals surface area contributed by atoms with Crippen LogP contribution >= 0.6 is 11.6 Å². The minimum absolute atomic E-state index is 0.0642. The largest absolute Gasteiger partial charge is 0.361 e. The summed E-state index contributed by atoms with van der Waals surface area (Å²) in [5.74, 6) is 0.895. The van der Waals surface area contributed by atoms with Crippen LogP contribution in [0.5, 0.6) is 0 Å². The highest BCUT2D eigenvalue weighted by Gasteiger charge is 2.14. The summed E-state index contributed by atoms with van der Waals surface area (Å²) < 4.78 is 4.79. The van der Waals surface area contributed by atoms with Gasteiger partial charge in [-0.2, -0.15) is 0 Å². The van der Waals surface area contributed by atoms with E-state index in [1.807, 2.05) is 6.92 Å². The topological polar surface area (TPSA) is 55.1 Å². The minimum Gasteiger partial charge on any atom is -0.361 e. The van der Waals surface area contributed by atoms with E-state index in [9.17, 15) is 4.79 Å². The summed E-state index contributed by atoms with van der Waals surface area (Å²) in [6, 6.07) is 0.0642. The third-order valence-electron chi connectivity index (χ3n) is 1.91. The third-order valence-corrected chi connectivity index (χ3v) is 2.13. The Bertz CT molecular complexity index is 312. The zero-order chi connectivity index (χ0) is 10.6. The zero-order valence-electron chi connectivity index (χ0n) is 8.21. The first kappa shape index (κ1) is 11.0. The lowest BCUT2D eigenvalue weighted by atomic mass is 10.2. The molecule has 14 heavy (non-hydrogen) atoms. The van der Waals surface area contributed by atoms with Gasteiger partial charge in [0, 0.05) is 11.9 Å². The van der Waals surface area contributed by atoms with Crippen molar-refractivity contribution in [1.82, 2.24) is 10.5 Å². The molecule has 5 heteroatoms. The van der Waals surface area contributed by atoms with Crippen molar-refractivity contribution in [2.75, 3.05) is 5.88 Å². The van der Waals surface area contributed by atoms with Crippen molar-refractivity contribution in [3.8, 4) is 0 Å². The molecule has 0 aromatic carbocycles. The van der Waals surface area contributed by atoms with E-state index < -0.39 is 0 Å². The average molecular weight is 217 g/mol. The molecule has 78 valence electrons. The fourth-order valence-electron chi connectivity index (χ4n) is 1.05. The quantitative estimate of drug-likeness (QED) is 0.780. The van der Waals surface area contributed by atoms with Gasteiger partial charge in [-0.1, -0.05) is 5.16 Å². The molecule has 1 heterocycles. The number of halogens is 1. The highest BCUT2D eigenvalue weighted by Crippen LogP contribution is 2.06. The molecule has 1 N–H and O–H groups in total. The Morgan fingerprint density at radius 1 is 1.79 bits per heavy atom. The van der Waals surface area contributed by atoms with Gasteiger partial charge in [0.1, 0.15) is 11.3 Å². The molecule has 0 aliphatic heterocycles. The van der Waals surface area contributed by atoms with Gasteiger partial charge >= 0.3 is 0 Å². The fourth-order valence-corrected chi connectivity index (χ4v) is 1.38. The summed E-state index contributed by atoms with van der Waals surface area (Å²) in [5.41, 5.74) is 0.478. The van der Waals surface area contributed by atoms with Gasteiger partial charge in [-0.25, -0.2) is 0 Å². The van der Waals surface area contributed by atoms with Gasteiger partial charge in [-0.15, -0.1) is 11.6 Å². The van der Waals surface area contributed by atoms with E-state index in [0.29, 0.717) is 17.2 Å². The van der Waals surface area contributed by atoms with Crippen molar-refractivity contribution in [3.63, 3.8) is 0 Å². The molecule has 4 nitrogen and oxygen atoms in total. The fraction of sp³-hybridized carbons (Fsp3) is 0.556. The first-order valence-corrected chi connectivity index (χ1v) is 4.96. The number of aromatic nitrogens is 1. The summed E-state index contributed by atoms with van der Waals surface area (Å²) in [4.78, 5) is 11.6. The van der Waals surface area contributed by atoms with Gasteiger partial charge in [-0.3, -0.25) is 4.79 Å². The molecule has 0 aliphatic rings. The second-order valence-electron chi connectivity index (χ2n) is 3.15. The molecule has 1 atom stereocenters. The average Bonchev–Trinajstić information content (AvgIpc) is 2.51. The number of nitrogens with one attached hydrogen (secondary N) is 1. The van der Waals surface area contributed by atoms with Crippen molar-refractivity contribution in [2.24, 2.45) is 0 Å². The molecule has 0 saturated heterocycles. The summed E-state index contributed by atoms with van der Waals surface area (Å²) in [5, 5.41) is 6.33. The van der Waals surface area contributed by atoms with Gasteiger partial charge < -0.3 is 9.84 Å². The van der Waals surface area contributed by atoms with Gasteiger partial charge in [0.05, 0.1) is 6.20 Å². The van der Waals surface area contributed by atoms with Crippen molar-refractivity contribution < 1.29 is 9.32 Å². The second-order valence-corrected chi connectivity index (χ2v) is 3.53. The first-order valence-electron chi connectivity index (χ1n) is 4.43. The third kappa shape index (κ3) is 2.73. The number of carbonyl (C=O) groups excluding carboxylic acids is 1. The van der Waals surface area contributed by atoms with Crippen molar-refractivity contribution in [3.05, 3.63) is 17.5 Å². The summed E-state index contributed by atoms with van der Waals surface area (Å²) in [6.07, 6.45) is 2.16. The number of alkyl halides is 1. The molecule has 0 radical (unpaired) electrons. The molecule has 0 spiro atoms. The predicted molar refractivity (Wildman–Crippen MR) is 53.5 cm³/mol. The smallest absolute Gasteiger partial charge is 0.256 e. The van der Waals surface area contributed by atoms with E-state index in [0.717, 1.165) is 6.42 Å². The van der Waals surface area contributed by atoms with Crippen LogP contribution in [0.4, 0.5) is 0 Å². The lowest BCUT2D eigenvalue weighted by Gasteiger charge is -2.10. The van der Waals surface area contributed by atoms with Crippen LogP contribution in [0.25, 0.3) is 0 Å². The summed E-state index contributed by atoms with van der Waals surface area (Å²) >= 11 is 5.55. The lowest BCUT2D eigenvalue weighted by molar-refractivity contribution is 0.0938. The van der Waals surface area contributed by atoms with Crippen molar-refractivity contribution in [2.45, 2.75) is 26.3 Å². The number of aryl methyl sites for hydroxylation is 1. The van der Waals surface area contributed by atoms with Gasteiger partial charge in [-0.05, 0) is 20.3 Å². The predicted octanol–water partition coefficient (Wildman–Crippen LogP) is 1.73. The monoisotopic (exact) mass is 216 g/mol. The molecule has 0 saturated carbocycles. The van der Waals surface area contributed by atoms with Crippen LogP contribution in [0.15, 0.2) is 10.7 Å². The van der Waals surface area contributed by atoms with E-state index in [1.165, 1.54) is 6.20 Å². The van der Waals surface area contributed by atoms with E-state index in [2.05, 4.69) is 10.5 Å². The molecule has 1 rings (SSSR count). The Hall–Kier alpha value is -1.03. The van der Waals surface area contributed by atoms with Crippen molar-refractivity contribution in [1.29, 1.82) is 0 Å². The van der Waals surface area contributed by atoms with Gasteiger partial charge in [0.15, 0.2) is 0 Å². The summed E-state index contributed by atoms with van der Waals surface area (Å²) in [6.45, 7) is 3.61. The Labute approximate surface area is 87.6 Å². The van der Waals surface area contributed by atoms with E-state index in [1.54, 1.807) is 6.92 Å². The van der Waals surface area contributed by atoms with Gasteiger partial charge in [0.25, 0.3) is 5.91 Å². The van der Waals surface area contributed by atoms with Crippen LogP contribution in [0, 0.1) is 6.92 Å². The van der Waals surface area contributed by atoms with Crippen molar-refractivity contribution >= 4 is 17.5 Å². The number of amides is 1. The minimum atomic E-state index is -0.165. The lowest BCUT2D eigenvalue weighted by Crippen LogP contribution is -2.32. The Balaban J connectivity index is 2.55. The molecule has 1 unspecified atom stereocenters. The second kappa shape index (κ2) is 5.00. The van der Waals surface area contributed by atoms with Crippen LogP contribution in [0.3, 0.4) is 0 Å². The Morgan fingerprint density at radius 3 is 3.00 bits per heavy atom. The highest BCUT2D eigenvalue weighted by molar-refractivity contribution is 6.17. The Morgan fingerprint density at radius 2 is 2.50 bits per heavy atom. The van der Waals surface area contributed by atoms with Crippen LogP contribution < -0.4 is 5.32 Å². The standard InChI is InChI=1S/C9H13ClN2O2/c1-6(3-4-10)12-9(13)8-5-11-14-7(8)2/h5-6H,3-4H2,1-2H3,(H,12,13). The number of hydrogen-bond acceptors (Lipinski definition) is 3. The number of carbonyl (C=O) groups is 1. The number of hydrogen-bond donors (Lipinski definition) is 1. The molecule has 1 aromatic heterocycles. The number of nitrogens with zero attached hydrogens (tertiary/aromatic N) is 1. The Kier molecular flexibility index (Phi) is 3.95. The van der Waals surface area contributed by atoms with Crippen LogP contribution in [0.2, 0.25) is 0 Å². The molecule has 1 aromatic rings. The normalized spacial score (nSPS) is 12.5.